The Morgan fingerprint density at radius 2 is 1.87 bits per heavy atom. The lowest BCUT2D eigenvalue weighted by Crippen LogP contribution is -2.20. The highest BCUT2D eigenvalue weighted by Crippen LogP contribution is 2.29. The number of carbonyl (C=O) groups is 1. The number of benzene rings is 2. The van der Waals surface area contributed by atoms with Crippen LogP contribution >= 0.6 is 11.8 Å². The van der Waals surface area contributed by atoms with Gasteiger partial charge in [-0.2, -0.15) is 5.10 Å². The van der Waals surface area contributed by atoms with Crippen molar-refractivity contribution in [1.82, 2.24) is 25.2 Å². The lowest BCUT2D eigenvalue weighted by atomic mass is 10.2. The van der Waals surface area contributed by atoms with E-state index >= 15 is 0 Å². The molecule has 0 aliphatic heterocycles. The second kappa shape index (κ2) is 13.2. The summed E-state index contributed by atoms with van der Waals surface area (Å²) in [6, 6.07) is 16.8. The van der Waals surface area contributed by atoms with Gasteiger partial charge in [0.1, 0.15) is 5.75 Å². The minimum atomic E-state index is -0.284. The van der Waals surface area contributed by atoms with Gasteiger partial charge in [0.15, 0.2) is 22.5 Å². The molecule has 4 rings (SSSR count). The van der Waals surface area contributed by atoms with Crippen LogP contribution in [0, 0.1) is 0 Å². The molecule has 2 aromatic heterocycles. The van der Waals surface area contributed by atoms with Gasteiger partial charge < -0.3 is 14.2 Å². The molecule has 0 aliphatic rings. The lowest BCUT2D eigenvalue weighted by molar-refractivity contribution is -0.118. The number of hydrazone groups is 1. The van der Waals surface area contributed by atoms with Gasteiger partial charge in [-0.3, -0.25) is 14.3 Å². The van der Waals surface area contributed by atoms with Crippen LogP contribution in [0.2, 0.25) is 0 Å². The molecule has 4 aromatic rings. The molecular weight excluding hydrogens is 504 g/mol. The summed E-state index contributed by atoms with van der Waals surface area (Å²) in [7, 11) is 1.57. The summed E-state index contributed by atoms with van der Waals surface area (Å²) >= 11 is 1.25. The highest BCUT2D eigenvalue weighted by atomic mass is 32.2. The average molecular weight is 533 g/mol. The fourth-order valence-electron chi connectivity index (χ4n) is 3.52. The number of nitrogens with zero attached hydrogens (tertiary/aromatic N) is 5. The number of carbonyl (C=O) groups excluding carboxylic acids is 1. The number of ether oxygens (including phenoxy) is 3. The Balaban J connectivity index is 1.46. The number of thioether (sulfide) groups is 1. The van der Waals surface area contributed by atoms with Crippen molar-refractivity contribution >= 4 is 23.9 Å². The molecule has 0 bridgehead atoms. The molecule has 0 aliphatic carbocycles. The van der Waals surface area contributed by atoms with Crippen LogP contribution in [0.5, 0.6) is 17.2 Å². The highest BCUT2D eigenvalue weighted by molar-refractivity contribution is 7.99. The monoisotopic (exact) mass is 532 g/mol. The van der Waals surface area contributed by atoms with Gasteiger partial charge in [0, 0.05) is 23.6 Å². The van der Waals surface area contributed by atoms with E-state index < -0.39 is 0 Å². The van der Waals surface area contributed by atoms with E-state index in [2.05, 4.69) is 25.7 Å². The second-order valence-corrected chi connectivity index (χ2v) is 8.68. The maximum Gasteiger partial charge on any atom is 0.250 e. The first kappa shape index (κ1) is 26.7. The molecule has 2 heterocycles. The molecule has 38 heavy (non-hydrogen) atoms. The number of aromatic nitrogens is 4. The van der Waals surface area contributed by atoms with Gasteiger partial charge in [-0.15, -0.1) is 10.2 Å². The molecule has 1 N–H and O–H groups in total. The Morgan fingerprint density at radius 1 is 1.05 bits per heavy atom. The third-order valence-electron chi connectivity index (χ3n) is 5.18. The molecule has 0 unspecified atom stereocenters. The van der Waals surface area contributed by atoms with E-state index in [1.165, 1.54) is 11.8 Å². The van der Waals surface area contributed by atoms with Gasteiger partial charge in [-0.25, -0.2) is 5.43 Å². The van der Waals surface area contributed by atoms with Crippen molar-refractivity contribution in [3.8, 4) is 34.3 Å². The summed E-state index contributed by atoms with van der Waals surface area (Å²) in [4.78, 5) is 16.7. The van der Waals surface area contributed by atoms with Crippen molar-refractivity contribution < 1.29 is 19.0 Å². The van der Waals surface area contributed by atoms with Crippen molar-refractivity contribution in [2.24, 2.45) is 5.10 Å². The highest BCUT2D eigenvalue weighted by Gasteiger charge is 2.17. The minimum Gasteiger partial charge on any atom is -0.494 e. The van der Waals surface area contributed by atoms with Crippen LogP contribution in [-0.2, 0) is 4.79 Å². The molecule has 10 nitrogen and oxygen atoms in total. The van der Waals surface area contributed by atoms with E-state index in [1.54, 1.807) is 37.9 Å². The zero-order chi connectivity index (χ0) is 26.7. The number of methoxy groups -OCH3 is 1. The molecule has 1 amide bonds. The van der Waals surface area contributed by atoms with E-state index in [-0.39, 0.29) is 11.7 Å². The number of rotatable bonds is 12. The standard InChI is InChI=1S/C27H28N6O4S/c1-4-36-22-11-9-21(10-12-22)33-26(20-7-6-14-28-17-20)31-32-27(33)38-18-25(34)30-29-16-19-8-13-23(37-5-2)24(15-19)35-3/h6-17H,4-5,18H2,1-3H3,(H,30,34). The molecule has 0 saturated heterocycles. The van der Waals surface area contributed by atoms with E-state index in [1.807, 2.05) is 60.9 Å². The van der Waals surface area contributed by atoms with Crippen LogP contribution in [0.15, 0.2) is 77.2 Å². The summed E-state index contributed by atoms with van der Waals surface area (Å²) < 4.78 is 18.3. The van der Waals surface area contributed by atoms with Gasteiger partial charge >= 0.3 is 0 Å². The molecule has 0 radical (unpaired) electrons. The average Bonchev–Trinajstić information content (AvgIpc) is 3.38. The summed E-state index contributed by atoms with van der Waals surface area (Å²) in [6.07, 6.45) is 4.97. The fraction of sp³-hybridized carbons (Fsp3) is 0.222. The van der Waals surface area contributed by atoms with E-state index in [0.29, 0.717) is 35.7 Å². The molecule has 0 saturated carbocycles. The first-order chi connectivity index (χ1) is 18.6. The lowest BCUT2D eigenvalue weighted by Gasteiger charge is -2.11. The fourth-order valence-corrected chi connectivity index (χ4v) is 4.26. The second-order valence-electron chi connectivity index (χ2n) is 7.74. The van der Waals surface area contributed by atoms with Gasteiger partial charge in [-0.1, -0.05) is 11.8 Å². The number of pyridine rings is 1. The summed E-state index contributed by atoms with van der Waals surface area (Å²) in [5.41, 5.74) is 4.95. The van der Waals surface area contributed by atoms with Crippen molar-refractivity contribution in [3.63, 3.8) is 0 Å². The maximum atomic E-state index is 12.5. The Kier molecular flexibility index (Phi) is 9.30. The van der Waals surface area contributed by atoms with Crippen molar-refractivity contribution in [2.75, 3.05) is 26.1 Å². The summed E-state index contributed by atoms with van der Waals surface area (Å²) in [5.74, 6) is 2.43. The van der Waals surface area contributed by atoms with Crippen molar-refractivity contribution in [1.29, 1.82) is 0 Å². The largest absolute Gasteiger partial charge is 0.494 e. The zero-order valence-corrected chi connectivity index (χ0v) is 22.1. The smallest absolute Gasteiger partial charge is 0.250 e. The van der Waals surface area contributed by atoms with Crippen molar-refractivity contribution in [3.05, 3.63) is 72.6 Å². The number of hydrogen-bond acceptors (Lipinski definition) is 9. The number of nitrogens with one attached hydrogen (secondary N) is 1. The Hall–Kier alpha value is -4.38. The van der Waals surface area contributed by atoms with Crippen LogP contribution in [0.4, 0.5) is 0 Å². The van der Waals surface area contributed by atoms with Gasteiger partial charge in [0.25, 0.3) is 5.91 Å². The topological polar surface area (TPSA) is 113 Å². The van der Waals surface area contributed by atoms with Gasteiger partial charge in [-0.05, 0) is 74.0 Å². The van der Waals surface area contributed by atoms with E-state index in [4.69, 9.17) is 14.2 Å². The molecular formula is C27H28N6O4S. The number of amides is 1. The van der Waals surface area contributed by atoms with Gasteiger partial charge in [0.2, 0.25) is 0 Å². The van der Waals surface area contributed by atoms with Crippen LogP contribution in [0.3, 0.4) is 0 Å². The Morgan fingerprint density at radius 3 is 2.58 bits per heavy atom. The van der Waals surface area contributed by atoms with Crippen LogP contribution in [0.25, 0.3) is 17.1 Å². The molecule has 196 valence electrons. The Bertz CT molecular complexity index is 1380. The quantitative estimate of drug-likeness (QED) is 0.163. The predicted molar refractivity (Wildman–Crippen MR) is 146 cm³/mol. The third kappa shape index (κ3) is 6.68. The SMILES string of the molecule is CCOc1ccc(-n2c(SCC(=O)NN=Cc3ccc(OCC)c(OC)c3)nnc2-c2cccnc2)cc1. The van der Waals surface area contributed by atoms with E-state index in [0.717, 1.165) is 22.6 Å². The number of hydrogen-bond donors (Lipinski definition) is 1. The van der Waals surface area contributed by atoms with Crippen LogP contribution < -0.4 is 19.6 Å². The minimum absolute atomic E-state index is 0.0894. The molecule has 0 fully saturated rings. The molecule has 0 atom stereocenters. The molecule has 0 spiro atoms. The van der Waals surface area contributed by atoms with Crippen LogP contribution in [0.1, 0.15) is 19.4 Å². The summed E-state index contributed by atoms with van der Waals surface area (Å²) in [5, 5.41) is 13.3. The maximum absolute atomic E-state index is 12.5. The van der Waals surface area contributed by atoms with E-state index in [9.17, 15) is 4.79 Å². The predicted octanol–water partition coefficient (Wildman–Crippen LogP) is 4.38. The van der Waals surface area contributed by atoms with Crippen LogP contribution in [-0.4, -0.2) is 57.9 Å². The normalized spacial score (nSPS) is 10.9. The van der Waals surface area contributed by atoms with Crippen molar-refractivity contribution in [2.45, 2.75) is 19.0 Å². The first-order valence-electron chi connectivity index (χ1n) is 12.0. The molecule has 2 aromatic carbocycles. The first-order valence-corrected chi connectivity index (χ1v) is 13.0. The summed E-state index contributed by atoms with van der Waals surface area (Å²) in [6.45, 7) is 4.96. The third-order valence-corrected chi connectivity index (χ3v) is 6.11. The zero-order valence-electron chi connectivity index (χ0n) is 21.3. The molecule has 11 heteroatoms. The Labute approximate surface area is 225 Å². The van der Waals surface area contributed by atoms with Gasteiger partial charge in [0.05, 0.1) is 32.3 Å².